The summed E-state index contributed by atoms with van der Waals surface area (Å²) >= 11 is 0. The molecule has 1 fully saturated rings. The van der Waals surface area contributed by atoms with E-state index in [4.69, 9.17) is 0 Å². The van der Waals surface area contributed by atoms with E-state index in [1.807, 2.05) is 0 Å². The van der Waals surface area contributed by atoms with Crippen LogP contribution >= 0.6 is 0 Å². The summed E-state index contributed by atoms with van der Waals surface area (Å²) in [5, 5.41) is 0. The Hall–Kier alpha value is -1.05. The second-order valence-corrected chi connectivity index (χ2v) is 3.96. The van der Waals surface area contributed by atoms with Crippen LogP contribution in [0.15, 0.2) is 12.1 Å². The molecule has 0 bridgehead atoms. The molecule has 0 unspecified atom stereocenters. The zero-order valence-corrected chi connectivity index (χ0v) is 9.08. The molecule has 1 aromatic rings. The first-order valence-electron chi connectivity index (χ1n) is 5.52. The predicted molar refractivity (Wildman–Crippen MR) is 59.8 cm³/mol. The highest BCUT2D eigenvalue weighted by molar-refractivity contribution is 5.42. The minimum Gasteiger partial charge on any atom is -0.357 e. The van der Waals surface area contributed by atoms with Crippen molar-refractivity contribution >= 4 is 5.82 Å². The Morgan fingerprint density at radius 2 is 2.00 bits per heavy atom. The summed E-state index contributed by atoms with van der Waals surface area (Å²) in [5.74, 6) is 1.16. The molecule has 0 N–H and O–H groups in total. The van der Waals surface area contributed by atoms with E-state index in [-0.39, 0.29) is 0 Å². The van der Waals surface area contributed by atoms with Crippen LogP contribution in [0.25, 0.3) is 0 Å². The third-order valence-corrected chi connectivity index (χ3v) is 2.99. The number of pyridine rings is 1. The summed E-state index contributed by atoms with van der Waals surface area (Å²) in [4.78, 5) is 7.03. The summed E-state index contributed by atoms with van der Waals surface area (Å²) in [6.07, 6.45) is 3.71. The fraction of sp³-hybridized carbons (Fsp3) is 0.583. The highest BCUT2D eigenvalue weighted by Gasteiger charge is 2.13. The number of hydrogen-bond donors (Lipinski definition) is 0. The Bertz CT molecular complexity index is 314. The molecule has 2 heteroatoms. The maximum absolute atomic E-state index is 4.65. The molecule has 1 saturated heterocycles. The van der Waals surface area contributed by atoms with Crippen LogP contribution in [0.4, 0.5) is 5.82 Å². The monoisotopic (exact) mass is 190 g/mol. The van der Waals surface area contributed by atoms with Gasteiger partial charge in [0, 0.05) is 18.8 Å². The van der Waals surface area contributed by atoms with Crippen molar-refractivity contribution in [3.8, 4) is 0 Å². The standard InChI is InChI=1S/C12H18N2/c1-3-11-6-7-12(13-10(11)2)14-8-4-5-9-14/h6-7H,3-5,8-9H2,1-2H3. The zero-order chi connectivity index (χ0) is 9.97. The zero-order valence-electron chi connectivity index (χ0n) is 9.08. The average Bonchev–Trinajstić information content (AvgIpc) is 2.70. The number of nitrogens with zero attached hydrogens (tertiary/aromatic N) is 2. The van der Waals surface area contributed by atoms with E-state index in [1.165, 1.54) is 37.2 Å². The summed E-state index contributed by atoms with van der Waals surface area (Å²) in [7, 11) is 0. The van der Waals surface area contributed by atoms with Gasteiger partial charge in [-0.25, -0.2) is 4.98 Å². The molecule has 2 heterocycles. The van der Waals surface area contributed by atoms with Gasteiger partial charge in [-0.2, -0.15) is 0 Å². The van der Waals surface area contributed by atoms with Crippen molar-refractivity contribution in [3.05, 3.63) is 23.4 Å². The van der Waals surface area contributed by atoms with Crippen LogP contribution in [0.3, 0.4) is 0 Å². The Kier molecular flexibility index (Phi) is 2.71. The van der Waals surface area contributed by atoms with Crippen LogP contribution < -0.4 is 4.90 Å². The molecule has 2 nitrogen and oxygen atoms in total. The van der Waals surface area contributed by atoms with Crippen molar-refractivity contribution in [1.29, 1.82) is 0 Å². The van der Waals surface area contributed by atoms with Crippen LogP contribution in [-0.4, -0.2) is 18.1 Å². The fourth-order valence-corrected chi connectivity index (χ4v) is 2.07. The third kappa shape index (κ3) is 1.74. The van der Waals surface area contributed by atoms with Crippen molar-refractivity contribution < 1.29 is 0 Å². The topological polar surface area (TPSA) is 16.1 Å². The van der Waals surface area contributed by atoms with Gasteiger partial charge in [-0.1, -0.05) is 13.0 Å². The SMILES string of the molecule is CCc1ccc(N2CCCC2)nc1C. The largest absolute Gasteiger partial charge is 0.357 e. The maximum atomic E-state index is 4.65. The molecular formula is C12H18N2. The number of aromatic nitrogens is 1. The van der Waals surface area contributed by atoms with E-state index in [1.54, 1.807) is 0 Å². The maximum Gasteiger partial charge on any atom is 0.128 e. The van der Waals surface area contributed by atoms with Gasteiger partial charge in [0.2, 0.25) is 0 Å². The Morgan fingerprint density at radius 1 is 1.29 bits per heavy atom. The Labute approximate surface area is 86.0 Å². The van der Waals surface area contributed by atoms with E-state index in [2.05, 4.69) is 35.9 Å². The molecule has 0 aliphatic carbocycles. The molecule has 0 amide bonds. The average molecular weight is 190 g/mol. The molecule has 1 aliphatic heterocycles. The first-order chi connectivity index (χ1) is 6.81. The molecule has 14 heavy (non-hydrogen) atoms. The lowest BCUT2D eigenvalue weighted by molar-refractivity contribution is 0.919. The van der Waals surface area contributed by atoms with Crippen LogP contribution in [0, 0.1) is 6.92 Å². The summed E-state index contributed by atoms with van der Waals surface area (Å²) in [5.41, 5.74) is 2.56. The quantitative estimate of drug-likeness (QED) is 0.712. The van der Waals surface area contributed by atoms with Gasteiger partial charge in [0.05, 0.1) is 0 Å². The van der Waals surface area contributed by atoms with Crippen LogP contribution in [0.1, 0.15) is 31.0 Å². The highest BCUT2D eigenvalue weighted by Crippen LogP contribution is 2.19. The lowest BCUT2D eigenvalue weighted by Crippen LogP contribution is -2.19. The number of aryl methyl sites for hydroxylation is 2. The number of anilines is 1. The summed E-state index contributed by atoms with van der Waals surface area (Å²) in [6.45, 7) is 6.65. The lowest BCUT2D eigenvalue weighted by atomic mass is 10.1. The van der Waals surface area contributed by atoms with Crippen molar-refractivity contribution in [1.82, 2.24) is 4.98 Å². The van der Waals surface area contributed by atoms with Crippen molar-refractivity contribution in [2.75, 3.05) is 18.0 Å². The minimum atomic E-state index is 1.08. The van der Waals surface area contributed by atoms with Gasteiger partial charge in [-0.15, -0.1) is 0 Å². The molecular weight excluding hydrogens is 172 g/mol. The highest BCUT2D eigenvalue weighted by atomic mass is 15.2. The van der Waals surface area contributed by atoms with Crippen LogP contribution in [-0.2, 0) is 6.42 Å². The fourth-order valence-electron chi connectivity index (χ4n) is 2.07. The Balaban J connectivity index is 2.23. The molecule has 0 saturated carbocycles. The molecule has 0 atom stereocenters. The van der Waals surface area contributed by atoms with Crippen LogP contribution in [0.5, 0.6) is 0 Å². The summed E-state index contributed by atoms with van der Waals surface area (Å²) in [6, 6.07) is 4.38. The first-order valence-corrected chi connectivity index (χ1v) is 5.52. The minimum absolute atomic E-state index is 1.08. The lowest BCUT2D eigenvalue weighted by Gasteiger charge is -2.17. The third-order valence-electron chi connectivity index (χ3n) is 2.99. The van der Waals surface area contributed by atoms with Gasteiger partial charge in [0.1, 0.15) is 5.82 Å². The molecule has 0 spiro atoms. The molecule has 0 aromatic carbocycles. The van der Waals surface area contributed by atoms with Crippen LogP contribution in [0.2, 0.25) is 0 Å². The summed E-state index contributed by atoms with van der Waals surface area (Å²) < 4.78 is 0. The van der Waals surface area contributed by atoms with Crippen molar-refractivity contribution in [3.63, 3.8) is 0 Å². The first kappa shape index (κ1) is 9.50. The van der Waals surface area contributed by atoms with Gasteiger partial charge < -0.3 is 4.90 Å². The molecule has 1 aliphatic rings. The number of hydrogen-bond acceptors (Lipinski definition) is 2. The molecule has 0 radical (unpaired) electrons. The second-order valence-electron chi connectivity index (χ2n) is 3.96. The van der Waals surface area contributed by atoms with E-state index in [0.717, 1.165) is 12.2 Å². The van der Waals surface area contributed by atoms with E-state index in [0.29, 0.717) is 0 Å². The smallest absolute Gasteiger partial charge is 0.128 e. The van der Waals surface area contributed by atoms with E-state index in [9.17, 15) is 0 Å². The second kappa shape index (κ2) is 3.99. The Morgan fingerprint density at radius 3 is 2.57 bits per heavy atom. The van der Waals surface area contributed by atoms with E-state index < -0.39 is 0 Å². The predicted octanol–water partition coefficient (Wildman–Crippen LogP) is 2.55. The van der Waals surface area contributed by atoms with Gasteiger partial charge in [0.15, 0.2) is 0 Å². The van der Waals surface area contributed by atoms with Gasteiger partial charge >= 0.3 is 0 Å². The molecule has 1 aromatic heterocycles. The van der Waals surface area contributed by atoms with Crippen molar-refractivity contribution in [2.24, 2.45) is 0 Å². The molecule has 76 valence electrons. The van der Waals surface area contributed by atoms with Gasteiger partial charge in [-0.3, -0.25) is 0 Å². The molecule has 2 rings (SSSR count). The number of rotatable bonds is 2. The normalized spacial score (nSPS) is 16.3. The van der Waals surface area contributed by atoms with Gasteiger partial charge in [0.25, 0.3) is 0 Å². The van der Waals surface area contributed by atoms with Crippen molar-refractivity contribution in [2.45, 2.75) is 33.1 Å². The van der Waals surface area contributed by atoms with Gasteiger partial charge in [-0.05, 0) is 37.8 Å². The van der Waals surface area contributed by atoms with E-state index >= 15 is 0 Å².